The lowest BCUT2D eigenvalue weighted by Crippen LogP contribution is -2.20. The van der Waals surface area contributed by atoms with Crippen molar-refractivity contribution in [3.05, 3.63) is 54.1 Å². The molecule has 2 aromatic carbocycles. The number of hydrogen-bond acceptors (Lipinski definition) is 4. The van der Waals surface area contributed by atoms with Crippen LogP contribution >= 0.6 is 0 Å². The van der Waals surface area contributed by atoms with Crippen molar-refractivity contribution in [2.75, 3.05) is 13.2 Å². The Morgan fingerprint density at radius 2 is 1.05 bits per heavy atom. The fourth-order valence-corrected chi connectivity index (χ4v) is 6.12. The van der Waals surface area contributed by atoms with Gasteiger partial charge in [-0.2, -0.15) is 0 Å². The molecule has 0 spiro atoms. The van der Waals surface area contributed by atoms with E-state index in [9.17, 15) is 4.79 Å². The summed E-state index contributed by atoms with van der Waals surface area (Å²) in [5.74, 6) is 3.57. The average Bonchev–Trinajstić information content (AvgIpc) is 3.00. The fraction of sp³-hybridized carbons (Fsp3) is 0.649. The second-order valence-corrected chi connectivity index (χ2v) is 12.0. The normalized spacial score (nSPS) is 16.8. The molecule has 0 bridgehead atoms. The zero-order chi connectivity index (χ0) is 29.0. The molecular weight excluding hydrogens is 508 g/mol. The van der Waals surface area contributed by atoms with Gasteiger partial charge in [0.15, 0.2) is 0 Å². The van der Waals surface area contributed by atoms with Crippen molar-refractivity contribution >= 4 is 5.97 Å². The minimum Gasteiger partial charge on any atom is -0.494 e. The molecule has 1 aliphatic carbocycles. The molecule has 0 aliphatic heterocycles. The summed E-state index contributed by atoms with van der Waals surface area (Å²) in [5.41, 5.74) is 0.513. The molecule has 41 heavy (non-hydrogen) atoms. The SMILES string of the molecule is CCCCCCCCOc1ccc(C(=O)Oc2ccc(OCCCC3CCCCC3CCCCCCC)cc2)cc1. The molecule has 0 saturated heterocycles. The molecule has 0 amide bonds. The molecule has 228 valence electrons. The van der Waals surface area contributed by atoms with E-state index in [4.69, 9.17) is 14.2 Å². The van der Waals surface area contributed by atoms with Gasteiger partial charge in [0.2, 0.25) is 0 Å². The molecule has 2 atom stereocenters. The highest BCUT2D eigenvalue weighted by molar-refractivity contribution is 5.91. The van der Waals surface area contributed by atoms with E-state index < -0.39 is 0 Å². The van der Waals surface area contributed by atoms with Crippen LogP contribution in [-0.4, -0.2) is 19.2 Å². The van der Waals surface area contributed by atoms with Gasteiger partial charge in [-0.05, 0) is 79.6 Å². The first-order valence-electron chi connectivity index (χ1n) is 16.9. The molecule has 2 unspecified atom stereocenters. The van der Waals surface area contributed by atoms with E-state index in [1.807, 2.05) is 24.3 Å². The zero-order valence-electron chi connectivity index (χ0n) is 26.0. The van der Waals surface area contributed by atoms with Gasteiger partial charge >= 0.3 is 5.97 Å². The van der Waals surface area contributed by atoms with Crippen molar-refractivity contribution in [2.24, 2.45) is 11.8 Å². The smallest absolute Gasteiger partial charge is 0.343 e. The van der Waals surface area contributed by atoms with Gasteiger partial charge in [0.25, 0.3) is 0 Å². The molecule has 0 aromatic heterocycles. The summed E-state index contributed by atoms with van der Waals surface area (Å²) in [5, 5.41) is 0. The summed E-state index contributed by atoms with van der Waals surface area (Å²) >= 11 is 0. The number of rotatable bonds is 21. The number of carbonyl (C=O) groups excluding carboxylic acids is 1. The monoisotopic (exact) mass is 564 g/mol. The molecule has 1 fully saturated rings. The molecule has 0 heterocycles. The van der Waals surface area contributed by atoms with Gasteiger partial charge in [-0.15, -0.1) is 0 Å². The van der Waals surface area contributed by atoms with Crippen LogP contribution in [0.4, 0.5) is 0 Å². The quantitative estimate of drug-likeness (QED) is 0.0859. The van der Waals surface area contributed by atoms with Gasteiger partial charge in [0.05, 0.1) is 18.8 Å². The van der Waals surface area contributed by atoms with Crippen LogP contribution in [0, 0.1) is 11.8 Å². The predicted octanol–water partition coefficient (Wildman–Crippen LogP) is 11.0. The summed E-state index contributed by atoms with van der Waals surface area (Å²) in [6.07, 6.45) is 23.8. The van der Waals surface area contributed by atoms with Crippen LogP contribution in [0.3, 0.4) is 0 Å². The lowest BCUT2D eigenvalue weighted by molar-refractivity contribution is 0.0734. The van der Waals surface area contributed by atoms with Gasteiger partial charge in [-0.1, -0.05) is 110 Å². The Balaban J connectivity index is 1.31. The van der Waals surface area contributed by atoms with E-state index in [0.717, 1.165) is 42.8 Å². The van der Waals surface area contributed by atoms with Gasteiger partial charge in [-0.25, -0.2) is 4.79 Å². The fourth-order valence-electron chi connectivity index (χ4n) is 6.12. The standard InChI is InChI=1S/C37H56O4/c1-3-5-7-9-11-15-29-39-34-23-21-33(22-24-34)37(38)41-36-27-25-35(26-28-36)40-30-16-20-32-19-14-13-18-31(32)17-12-10-8-6-4-2/h21-28,31-32H,3-20,29-30H2,1-2H3. The summed E-state index contributed by atoms with van der Waals surface area (Å²) in [4.78, 5) is 12.6. The number of esters is 1. The van der Waals surface area contributed by atoms with E-state index in [-0.39, 0.29) is 5.97 Å². The van der Waals surface area contributed by atoms with E-state index in [0.29, 0.717) is 17.9 Å². The summed E-state index contributed by atoms with van der Waals surface area (Å²) < 4.78 is 17.4. The highest BCUT2D eigenvalue weighted by Crippen LogP contribution is 2.36. The Hall–Kier alpha value is -2.49. The first kappa shape index (κ1) is 33.0. The molecule has 1 aliphatic rings. The maximum absolute atomic E-state index is 12.6. The number of benzene rings is 2. The Labute approximate surface area is 250 Å². The van der Waals surface area contributed by atoms with Crippen molar-refractivity contribution in [3.63, 3.8) is 0 Å². The Morgan fingerprint density at radius 1 is 0.585 bits per heavy atom. The molecule has 2 aromatic rings. The number of unbranched alkanes of at least 4 members (excludes halogenated alkanes) is 9. The molecule has 4 heteroatoms. The van der Waals surface area contributed by atoms with Crippen LogP contribution in [0.1, 0.15) is 140 Å². The van der Waals surface area contributed by atoms with Crippen LogP contribution in [-0.2, 0) is 0 Å². The average molecular weight is 565 g/mol. The first-order chi connectivity index (χ1) is 20.2. The predicted molar refractivity (Wildman–Crippen MR) is 170 cm³/mol. The van der Waals surface area contributed by atoms with Crippen LogP contribution in [0.15, 0.2) is 48.5 Å². The number of carbonyl (C=O) groups is 1. The minimum absolute atomic E-state index is 0.367. The van der Waals surface area contributed by atoms with Crippen LogP contribution < -0.4 is 14.2 Å². The van der Waals surface area contributed by atoms with Crippen molar-refractivity contribution in [1.29, 1.82) is 0 Å². The molecule has 1 saturated carbocycles. The number of hydrogen-bond donors (Lipinski definition) is 0. The third-order valence-electron chi connectivity index (χ3n) is 8.62. The van der Waals surface area contributed by atoms with Crippen molar-refractivity contribution in [1.82, 2.24) is 0 Å². The largest absolute Gasteiger partial charge is 0.494 e. The van der Waals surface area contributed by atoms with E-state index >= 15 is 0 Å². The summed E-state index contributed by atoms with van der Waals surface area (Å²) in [6.45, 7) is 5.98. The Bertz CT molecular complexity index is 936. The van der Waals surface area contributed by atoms with Crippen LogP contribution in [0.2, 0.25) is 0 Å². The highest BCUT2D eigenvalue weighted by atomic mass is 16.5. The lowest BCUT2D eigenvalue weighted by atomic mass is 9.74. The third kappa shape index (κ3) is 13.4. The van der Waals surface area contributed by atoms with Crippen LogP contribution in [0.25, 0.3) is 0 Å². The molecule has 3 rings (SSSR count). The Kier molecular flexibility index (Phi) is 16.4. The molecule has 4 nitrogen and oxygen atoms in total. The molecule has 0 radical (unpaired) electrons. The van der Waals surface area contributed by atoms with Crippen molar-refractivity contribution in [3.8, 4) is 17.2 Å². The van der Waals surface area contributed by atoms with Gasteiger partial charge in [0.1, 0.15) is 17.2 Å². The summed E-state index contributed by atoms with van der Waals surface area (Å²) in [6, 6.07) is 14.6. The molecular formula is C37H56O4. The van der Waals surface area contributed by atoms with E-state index in [1.165, 1.54) is 103 Å². The van der Waals surface area contributed by atoms with Gasteiger partial charge < -0.3 is 14.2 Å². The van der Waals surface area contributed by atoms with Gasteiger partial charge in [-0.3, -0.25) is 0 Å². The van der Waals surface area contributed by atoms with Crippen molar-refractivity contribution in [2.45, 2.75) is 129 Å². The highest BCUT2D eigenvalue weighted by Gasteiger charge is 2.24. The third-order valence-corrected chi connectivity index (χ3v) is 8.62. The lowest BCUT2D eigenvalue weighted by Gasteiger charge is -2.31. The zero-order valence-corrected chi connectivity index (χ0v) is 26.0. The minimum atomic E-state index is -0.367. The van der Waals surface area contributed by atoms with Gasteiger partial charge in [0, 0.05) is 0 Å². The second kappa shape index (κ2) is 20.4. The first-order valence-corrected chi connectivity index (χ1v) is 16.9. The maximum atomic E-state index is 12.6. The van der Waals surface area contributed by atoms with Crippen LogP contribution in [0.5, 0.6) is 17.2 Å². The van der Waals surface area contributed by atoms with E-state index in [1.54, 1.807) is 24.3 Å². The molecule has 0 N–H and O–H groups in total. The Morgan fingerprint density at radius 3 is 1.66 bits per heavy atom. The van der Waals surface area contributed by atoms with E-state index in [2.05, 4.69) is 13.8 Å². The summed E-state index contributed by atoms with van der Waals surface area (Å²) in [7, 11) is 0. The number of ether oxygens (including phenoxy) is 3. The van der Waals surface area contributed by atoms with Crippen molar-refractivity contribution < 1.29 is 19.0 Å². The topological polar surface area (TPSA) is 44.8 Å². The maximum Gasteiger partial charge on any atom is 0.343 e. The second-order valence-electron chi connectivity index (χ2n) is 12.0.